The molecule has 0 saturated carbocycles. The van der Waals surface area contributed by atoms with Gasteiger partial charge in [-0.2, -0.15) is 0 Å². The van der Waals surface area contributed by atoms with Crippen LogP contribution in [0.15, 0.2) is 48.5 Å². The standard InChI is InChI=1S/C20H16F2N2OS/c1-24-10-9-12-11-17(26-19(12)13-5-2-3-8-16(13)24)20(25)23-18-14(21)6-4-7-15(18)22/h2-8,11H,9-10H2,1H3,(H,23,25). The molecule has 0 fully saturated rings. The van der Waals surface area contributed by atoms with Crippen molar-refractivity contribution in [1.82, 2.24) is 0 Å². The van der Waals surface area contributed by atoms with Gasteiger partial charge in [-0.3, -0.25) is 4.79 Å². The SMILES string of the molecule is CN1CCc2cc(C(=O)Nc3c(F)cccc3F)sc2-c2ccccc21. The Kier molecular flexibility index (Phi) is 4.20. The van der Waals surface area contributed by atoms with Crippen molar-refractivity contribution in [3.05, 3.63) is 70.6 Å². The van der Waals surface area contributed by atoms with Crippen molar-refractivity contribution in [3.63, 3.8) is 0 Å². The van der Waals surface area contributed by atoms with Gasteiger partial charge in [-0.15, -0.1) is 11.3 Å². The molecule has 1 amide bonds. The second-order valence-electron chi connectivity index (χ2n) is 6.20. The van der Waals surface area contributed by atoms with Gasteiger partial charge in [0.1, 0.15) is 17.3 Å². The van der Waals surface area contributed by atoms with Gasteiger partial charge in [0.15, 0.2) is 0 Å². The summed E-state index contributed by atoms with van der Waals surface area (Å²) in [5.74, 6) is -2.08. The highest BCUT2D eigenvalue weighted by atomic mass is 32.1. The van der Waals surface area contributed by atoms with E-state index < -0.39 is 23.2 Å². The average Bonchev–Trinajstić information content (AvgIpc) is 3.02. The first-order valence-electron chi connectivity index (χ1n) is 8.23. The minimum absolute atomic E-state index is 0.416. The van der Waals surface area contributed by atoms with Crippen LogP contribution < -0.4 is 10.2 Å². The van der Waals surface area contributed by atoms with Crippen molar-refractivity contribution in [2.45, 2.75) is 6.42 Å². The molecule has 0 bridgehead atoms. The van der Waals surface area contributed by atoms with Crippen LogP contribution in [0.1, 0.15) is 15.2 Å². The first-order chi connectivity index (χ1) is 12.5. The summed E-state index contributed by atoms with van der Waals surface area (Å²) in [6.07, 6.45) is 0.804. The van der Waals surface area contributed by atoms with E-state index in [0.717, 1.165) is 46.8 Å². The Morgan fingerprint density at radius 1 is 1.12 bits per heavy atom. The van der Waals surface area contributed by atoms with E-state index in [-0.39, 0.29) is 0 Å². The molecule has 2 heterocycles. The highest BCUT2D eigenvalue weighted by Crippen LogP contribution is 2.41. The molecule has 2 aromatic carbocycles. The quantitative estimate of drug-likeness (QED) is 0.693. The maximum atomic E-state index is 13.8. The van der Waals surface area contributed by atoms with E-state index in [9.17, 15) is 13.6 Å². The molecule has 0 saturated heterocycles. The molecule has 4 rings (SSSR count). The van der Waals surface area contributed by atoms with Crippen molar-refractivity contribution in [3.8, 4) is 10.4 Å². The minimum Gasteiger partial charge on any atom is -0.374 e. The summed E-state index contributed by atoms with van der Waals surface area (Å²) in [4.78, 5) is 16.2. The Morgan fingerprint density at radius 2 is 1.85 bits per heavy atom. The average molecular weight is 370 g/mol. The summed E-state index contributed by atoms with van der Waals surface area (Å²) in [6.45, 7) is 0.837. The monoisotopic (exact) mass is 370 g/mol. The Balaban J connectivity index is 1.70. The number of hydrogen-bond donors (Lipinski definition) is 1. The number of benzene rings is 2. The molecule has 3 nitrogen and oxygen atoms in total. The molecular weight excluding hydrogens is 354 g/mol. The number of carbonyl (C=O) groups excluding carboxylic acids is 1. The Morgan fingerprint density at radius 3 is 2.62 bits per heavy atom. The molecule has 1 aliphatic rings. The number of amides is 1. The van der Waals surface area contributed by atoms with Gasteiger partial charge in [0.25, 0.3) is 5.91 Å². The van der Waals surface area contributed by atoms with Crippen LogP contribution in [0.2, 0.25) is 0 Å². The van der Waals surface area contributed by atoms with Gasteiger partial charge in [-0.25, -0.2) is 8.78 Å². The molecule has 1 N–H and O–H groups in total. The number of nitrogens with one attached hydrogen (secondary N) is 1. The molecule has 1 aliphatic heterocycles. The third-order valence-corrected chi connectivity index (χ3v) is 5.72. The predicted octanol–water partition coefficient (Wildman–Crippen LogP) is 4.94. The highest BCUT2D eigenvalue weighted by Gasteiger charge is 2.23. The van der Waals surface area contributed by atoms with Crippen molar-refractivity contribution < 1.29 is 13.6 Å². The van der Waals surface area contributed by atoms with Crippen LogP contribution in [-0.2, 0) is 6.42 Å². The molecule has 0 unspecified atom stereocenters. The van der Waals surface area contributed by atoms with Gasteiger partial charge < -0.3 is 10.2 Å². The number of para-hydroxylation sites is 2. The molecule has 0 spiro atoms. The van der Waals surface area contributed by atoms with Gasteiger partial charge in [-0.05, 0) is 36.2 Å². The fraction of sp³-hybridized carbons (Fsp3) is 0.150. The van der Waals surface area contributed by atoms with Crippen LogP contribution in [0, 0.1) is 11.6 Å². The number of hydrogen-bond acceptors (Lipinski definition) is 3. The van der Waals surface area contributed by atoms with Gasteiger partial charge >= 0.3 is 0 Å². The molecule has 26 heavy (non-hydrogen) atoms. The molecule has 132 valence electrons. The van der Waals surface area contributed by atoms with Crippen LogP contribution in [0.25, 0.3) is 10.4 Å². The Bertz CT molecular complexity index is 979. The lowest BCUT2D eigenvalue weighted by Gasteiger charge is -2.18. The lowest BCUT2D eigenvalue weighted by atomic mass is 10.1. The molecule has 3 aromatic rings. The van der Waals surface area contributed by atoms with Gasteiger partial charge in [0.2, 0.25) is 0 Å². The minimum atomic E-state index is -0.788. The number of carbonyl (C=O) groups is 1. The predicted molar refractivity (Wildman–Crippen MR) is 101 cm³/mol. The first kappa shape index (κ1) is 16.7. The summed E-state index contributed by atoms with van der Waals surface area (Å²) in [5, 5.41) is 2.36. The van der Waals surface area contributed by atoms with E-state index in [2.05, 4.69) is 16.3 Å². The number of thiophene rings is 1. The van der Waals surface area contributed by atoms with E-state index in [4.69, 9.17) is 0 Å². The van der Waals surface area contributed by atoms with Crippen molar-refractivity contribution >= 4 is 28.6 Å². The maximum absolute atomic E-state index is 13.8. The van der Waals surface area contributed by atoms with E-state index in [1.807, 2.05) is 31.3 Å². The topological polar surface area (TPSA) is 32.3 Å². The normalized spacial score (nSPS) is 13.0. The van der Waals surface area contributed by atoms with Crippen LogP contribution in [-0.4, -0.2) is 19.5 Å². The Hall–Kier alpha value is -2.73. The lowest BCUT2D eigenvalue weighted by molar-refractivity contribution is 0.102. The molecular formula is C20H16F2N2OS. The molecule has 0 radical (unpaired) electrons. The van der Waals surface area contributed by atoms with Crippen LogP contribution in [0.3, 0.4) is 0 Å². The van der Waals surface area contributed by atoms with Crippen molar-refractivity contribution in [1.29, 1.82) is 0 Å². The molecule has 1 aromatic heterocycles. The molecule has 0 atom stereocenters. The fourth-order valence-electron chi connectivity index (χ4n) is 3.15. The Labute approximate surface area is 153 Å². The summed E-state index contributed by atoms with van der Waals surface area (Å²) in [5.41, 5.74) is 2.84. The number of anilines is 2. The fourth-order valence-corrected chi connectivity index (χ4v) is 4.29. The van der Waals surface area contributed by atoms with Gasteiger partial charge in [0, 0.05) is 29.7 Å². The summed E-state index contributed by atoms with van der Waals surface area (Å²) in [6, 6.07) is 13.4. The lowest BCUT2D eigenvalue weighted by Crippen LogP contribution is -2.19. The third kappa shape index (κ3) is 2.86. The van der Waals surface area contributed by atoms with Crippen LogP contribution in [0.4, 0.5) is 20.2 Å². The molecule has 0 aliphatic carbocycles. The zero-order valence-corrected chi connectivity index (χ0v) is 14.9. The smallest absolute Gasteiger partial charge is 0.265 e. The zero-order valence-electron chi connectivity index (χ0n) is 14.1. The second-order valence-corrected chi connectivity index (χ2v) is 7.26. The van der Waals surface area contributed by atoms with E-state index in [1.54, 1.807) is 0 Å². The summed E-state index contributed by atoms with van der Waals surface area (Å²) >= 11 is 1.35. The number of rotatable bonds is 2. The van der Waals surface area contributed by atoms with Crippen molar-refractivity contribution in [2.75, 3.05) is 23.8 Å². The van der Waals surface area contributed by atoms with Crippen molar-refractivity contribution in [2.24, 2.45) is 0 Å². The van der Waals surface area contributed by atoms with E-state index in [0.29, 0.717) is 4.88 Å². The van der Waals surface area contributed by atoms with E-state index in [1.165, 1.54) is 17.4 Å². The number of nitrogens with zero attached hydrogens (tertiary/aromatic N) is 1. The largest absolute Gasteiger partial charge is 0.374 e. The maximum Gasteiger partial charge on any atom is 0.265 e. The number of likely N-dealkylation sites (N-methyl/N-ethyl adjacent to an activating group) is 1. The number of fused-ring (bicyclic) bond motifs is 3. The summed E-state index contributed by atoms with van der Waals surface area (Å²) in [7, 11) is 2.05. The second kappa shape index (κ2) is 6.53. The first-order valence-corrected chi connectivity index (χ1v) is 9.05. The zero-order chi connectivity index (χ0) is 18.3. The van der Waals surface area contributed by atoms with Gasteiger partial charge in [-0.1, -0.05) is 24.3 Å². The number of halogens is 2. The third-order valence-electron chi connectivity index (χ3n) is 4.51. The summed E-state index contributed by atoms with van der Waals surface area (Å²) < 4.78 is 27.6. The van der Waals surface area contributed by atoms with Crippen LogP contribution >= 0.6 is 11.3 Å². The highest BCUT2D eigenvalue weighted by molar-refractivity contribution is 7.17. The van der Waals surface area contributed by atoms with Gasteiger partial charge in [0.05, 0.1) is 4.88 Å². The van der Waals surface area contributed by atoms with Crippen LogP contribution in [0.5, 0.6) is 0 Å². The molecule has 6 heteroatoms. The van der Waals surface area contributed by atoms with E-state index >= 15 is 0 Å².